The number of alkyl halides is 2. The molecule has 2 saturated carbocycles. The van der Waals surface area contributed by atoms with Gasteiger partial charge in [-0.25, -0.2) is 18.7 Å². The Kier molecular flexibility index (Phi) is 6.20. The lowest BCUT2D eigenvalue weighted by molar-refractivity contribution is 0.0868. The highest BCUT2D eigenvalue weighted by Gasteiger charge is 2.27. The van der Waals surface area contributed by atoms with Crippen LogP contribution in [0.5, 0.6) is 5.75 Å². The van der Waals surface area contributed by atoms with E-state index in [0.717, 1.165) is 25.7 Å². The molecule has 9 heteroatoms. The molecule has 1 amide bonds. The fourth-order valence-electron chi connectivity index (χ4n) is 4.57. The van der Waals surface area contributed by atoms with Crippen LogP contribution in [0, 0.1) is 12.8 Å². The van der Waals surface area contributed by atoms with Crippen LogP contribution in [0.15, 0.2) is 24.5 Å². The predicted octanol–water partition coefficient (Wildman–Crippen LogP) is 4.69. The average molecular weight is 471 g/mol. The van der Waals surface area contributed by atoms with Crippen LogP contribution in [0.1, 0.15) is 66.6 Å². The van der Waals surface area contributed by atoms with Gasteiger partial charge in [-0.15, -0.1) is 0 Å². The molecule has 2 heterocycles. The molecule has 0 radical (unpaired) electrons. The van der Waals surface area contributed by atoms with Crippen LogP contribution in [0.25, 0.3) is 22.3 Å². The monoisotopic (exact) mass is 470 g/mol. The van der Waals surface area contributed by atoms with Crippen LogP contribution in [-0.4, -0.2) is 44.7 Å². The summed E-state index contributed by atoms with van der Waals surface area (Å²) in [5, 5.41) is 12.8. The average Bonchev–Trinajstić information content (AvgIpc) is 3.58. The Morgan fingerprint density at radius 1 is 1.21 bits per heavy atom. The van der Waals surface area contributed by atoms with Gasteiger partial charge in [0.05, 0.1) is 23.8 Å². The number of aliphatic hydroxyl groups is 1. The second kappa shape index (κ2) is 9.29. The quantitative estimate of drug-likeness (QED) is 0.465. The number of hydrogen-bond acceptors (Lipinski definition) is 5. The Morgan fingerprint density at radius 2 is 1.97 bits per heavy atom. The van der Waals surface area contributed by atoms with Gasteiger partial charge in [0.1, 0.15) is 23.3 Å². The summed E-state index contributed by atoms with van der Waals surface area (Å²) in [6, 6.07) is 4.33. The van der Waals surface area contributed by atoms with Gasteiger partial charge in [0.15, 0.2) is 0 Å². The summed E-state index contributed by atoms with van der Waals surface area (Å²) >= 11 is 0. The summed E-state index contributed by atoms with van der Waals surface area (Å²) < 4.78 is 33.0. The molecule has 2 fully saturated rings. The zero-order valence-corrected chi connectivity index (χ0v) is 19.0. The minimum absolute atomic E-state index is 0.00768. The molecular weight excluding hydrogens is 442 g/mol. The van der Waals surface area contributed by atoms with Crippen molar-refractivity contribution in [2.45, 2.75) is 64.0 Å². The Morgan fingerprint density at radius 3 is 2.68 bits per heavy atom. The Labute approximate surface area is 196 Å². The molecule has 7 nitrogen and oxygen atoms in total. The number of H-pyrrole nitrogens is 1. The van der Waals surface area contributed by atoms with Crippen molar-refractivity contribution in [3.05, 3.63) is 41.3 Å². The number of rotatable bonds is 7. The lowest BCUT2D eigenvalue weighted by Crippen LogP contribution is -2.38. The van der Waals surface area contributed by atoms with E-state index in [9.17, 15) is 18.7 Å². The van der Waals surface area contributed by atoms with Gasteiger partial charge < -0.3 is 20.1 Å². The number of halogens is 2. The SMILES string of the molecule is Cc1[nH]c2c(-c3cc(C(F)F)ccc3OCC3CC3)ncnc2c1C(=O)NC1CCC(O)CC1. The highest BCUT2D eigenvalue weighted by atomic mass is 19.3. The fourth-order valence-corrected chi connectivity index (χ4v) is 4.57. The summed E-state index contributed by atoms with van der Waals surface area (Å²) in [4.78, 5) is 25.1. The maximum Gasteiger partial charge on any atom is 0.263 e. The van der Waals surface area contributed by atoms with E-state index >= 15 is 0 Å². The molecule has 0 spiro atoms. The molecule has 34 heavy (non-hydrogen) atoms. The van der Waals surface area contributed by atoms with E-state index in [1.165, 1.54) is 18.5 Å². The first-order valence-electron chi connectivity index (χ1n) is 11.8. The highest BCUT2D eigenvalue weighted by molar-refractivity contribution is 6.09. The van der Waals surface area contributed by atoms with E-state index in [1.54, 1.807) is 13.0 Å². The Bertz CT molecular complexity index is 1200. The number of nitrogens with zero attached hydrogens (tertiary/aromatic N) is 2. The van der Waals surface area contributed by atoms with Gasteiger partial charge in [-0.2, -0.15) is 0 Å². The summed E-state index contributed by atoms with van der Waals surface area (Å²) in [6.45, 7) is 2.31. The maximum atomic E-state index is 13.5. The number of ether oxygens (including phenoxy) is 1. The molecule has 2 aliphatic rings. The number of nitrogens with one attached hydrogen (secondary N) is 2. The normalized spacial score (nSPS) is 20.6. The Hall–Kier alpha value is -3.07. The van der Waals surface area contributed by atoms with Crippen molar-refractivity contribution in [2.75, 3.05) is 6.61 Å². The zero-order chi connectivity index (χ0) is 23.8. The topological polar surface area (TPSA) is 100 Å². The fraction of sp³-hybridized carbons (Fsp3) is 0.480. The number of aryl methyl sites for hydroxylation is 1. The van der Waals surface area contributed by atoms with Gasteiger partial charge in [0.25, 0.3) is 12.3 Å². The first kappa shape index (κ1) is 22.7. The summed E-state index contributed by atoms with van der Waals surface area (Å²) in [6.07, 6.45) is 3.38. The number of aromatic nitrogens is 3. The van der Waals surface area contributed by atoms with Crippen LogP contribution in [-0.2, 0) is 0 Å². The number of amides is 1. The molecule has 0 atom stereocenters. The lowest BCUT2D eigenvalue weighted by atomic mass is 9.93. The first-order chi connectivity index (χ1) is 16.4. The molecule has 0 bridgehead atoms. The van der Waals surface area contributed by atoms with E-state index in [-0.39, 0.29) is 23.6 Å². The highest BCUT2D eigenvalue weighted by Crippen LogP contribution is 2.38. The molecule has 3 aromatic rings. The molecular formula is C25H28F2N4O3. The first-order valence-corrected chi connectivity index (χ1v) is 11.8. The number of benzene rings is 1. The van der Waals surface area contributed by atoms with E-state index < -0.39 is 6.43 Å². The molecule has 2 aromatic heterocycles. The Balaban J connectivity index is 1.51. The molecule has 0 aliphatic heterocycles. The van der Waals surface area contributed by atoms with Gasteiger partial charge in [0.2, 0.25) is 0 Å². The third kappa shape index (κ3) is 4.61. The summed E-state index contributed by atoms with van der Waals surface area (Å²) in [5.74, 6) is 0.730. The summed E-state index contributed by atoms with van der Waals surface area (Å²) in [7, 11) is 0. The molecule has 1 aromatic carbocycles. The van der Waals surface area contributed by atoms with Gasteiger partial charge >= 0.3 is 0 Å². The lowest BCUT2D eigenvalue weighted by Gasteiger charge is -2.26. The van der Waals surface area contributed by atoms with Gasteiger partial charge in [-0.05, 0) is 69.6 Å². The van der Waals surface area contributed by atoms with Gasteiger partial charge in [-0.3, -0.25) is 4.79 Å². The minimum atomic E-state index is -2.63. The maximum absolute atomic E-state index is 13.5. The third-order valence-corrected chi connectivity index (χ3v) is 6.71. The minimum Gasteiger partial charge on any atom is -0.493 e. The molecule has 5 rings (SSSR count). The van der Waals surface area contributed by atoms with Crippen molar-refractivity contribution in [2.24, 2.45) is 5.92 Å². The van der Waals surface area contributed by atoms with Gasteiger partial charge in [0, 0.05) is 22.9 Å². The standard InChI is InChI=1S/C25H28F2N4O3/c1-13-20(25(33)31-16-5-7-17(32)8-6-16)22-23(30-13)21(28-12-29-22)18-10-15(24(26)27)4-9-19(18)34-11-14-2-3-14/h4,9-10,12,14,16-17,24,30,32H,2-3,5-8,11H2,1H3,(H,31,33). The van der Waals surface area contributed by atoms with Crippen molar-refractivity contribution in [1.82, 2.24) is 20.3 Å². The number of aromatic amines is 1. The van der Waals surface area contributed by atoms with Gasteiger partial charge in [-0.1, -0.05) is 0 Å². The van der Waals surface area contributed by atoms with Crippen LogP contribution < -0.4 is 10.1 Å². The van der Waals surface area contributed by atoms with E-state index in [4.69, 9.17) is 4.74 Å². The van der Waals surface area contributed by atoms with Crippen molar-refractivity contribution in [1.29, 1.82) is 0 Å². The number of carbonyl (C=O) groups excluding carboxylic acids is 1. The van der Waals surface area contributed by atoms with Crippen molar-refractivity contribution in [3.8, 4) is 17.0 Å². The van der Waals surface area contributed by atoms with Crippen LogP contribution >= 0.6 is 0 Å². The molecule has 0 saturated heterocycles. The number of fused-ring (bicyclic) bond motifs is 1. The van der Waals surface area contributed by atoms with Crippen molar-refractivity contribution >= 4 is 16.9 Å². The number of carbonyl (C=O) groups is 1. The molecule has 0 unspecified atom stereocenters. The van der Waals surface area contributed by atoms with E-state index in [2.05, 4.69) is 20.3 Å². The smallest absolute Gasteiger partial charge is 0.263 e. The van der Waals surface area contributed by atoms with Crippen molar-refractivity contribution < 1.29 is 23.4 Å². The molecule has 3 N–H and O–H groups in total. The summed E-state index contributed by atoms with van der Waals surface area (Å²) in [5.41, 5.74) is 2.71. The predicted molar refractivity (Wildman–Crippen MR) is 123 cm³/mol. The van der Waals surface area contributed by atoms with Crippen molar-refractivity contribution in [3.63, 3.8) is 0 Å². The number of aliphatic hydroxyl groups excluding tert-OH is 1. The third-order valence-electron chi connectivity index (χ3n) is 6.71. The van der Waals surface area contributed by atoms with E-state index in [0.29, 0.717) is 64.7 Å². The van der Waals surface area contributed by atoms with Crippen LogP contribution in [0.3, 0.4) is 0 Å². The second-order valence-corrected chi connectivity index (χ2v) is 9.36. The largest absolute Gasteiger partial charge is 0.493 e. The number of hydrogen-bond donors (Lipinski definition) is 3. The molecule has 2 aliphatic carbocycles. The second-order valence-electron chi connectivity index (χ2n) is 9.36. The van der Waals surface area contributed by atoms with Crippen LogP contribution in [0.4, 0.5) is 8.78 Å². The van der Waals surface area contributed by atoms with E-state index in [1.807, 2.05) is 0 Å². The van der Waals surface area contributed by atoms with Crippen LogP contribution in [0.2, 0.25) is 0 Å². The molecule has 180 valence electrons. The zero-order valence-electron chi connectivity index (χ0n) is 19.0.